The molecule has 0 N–H and O–H groups in total. The number of sulfonamides is 1. The van der Waals surface area contributed by atoms with E-state index in [1.54, 1.807) is 27.4 Å². The Balaban J connectivity index is 1.72. The number of carbonyl (C=O) groups excluding carboxylic acids is 1. The van der Waals surface area contributed by atoms with Crippen molar-refractivity contribution in [1.82, 2.24) is 4.31 Å². The fraction of sp³-hybridized carbons (Fsp3) is 0.667. The summed E-state index contributed by atoms with van der Waals surface area (Å²) in [4.78, 5) is 13.9. The molecule has 3 atom stereocenters. The molecule has 4 rings (SSSR count). The summed E-state index contributed by atoms with van der Waals surface area (Å²) >= 11 is 0. The highest BCUT2D eigenvalue weighted by molar-refractivity contribution is 7.89. The first-order valence-electron chi connectivity index (χ1n) is 10.0. The Hall–Kier alpha value is -1.60. The highest BCUT2D eigenvalue weighted by atomic mass is 32.2. The van der Waals surface area contributed by atoms with Gasteiger partial charge in [-0.1, -0.05) is 20.8 Å². The van der Waals surface area contributed by atoms with Gasteiger partial charge in [0.2, 0.25) is 15.9 Å². The second-order valence-electron chi connectivity index (χ2n) is 9.95. The maximum Gasteiger partial charge on any atom is 0.243 e. The Labute approximate surface area is 167 Å². The van der Waals surface area contributed by atoms with Crippen LogP contribution in [0.25, 0.3) is 0 Å². The van der Waals surface area contributed by atoms with Gasteiger partial charge in [0.15, 0.2) is 0 Å². The molecule has 3 unspecified atom stereocenters. The van der Waals surface area contributed by atoms with Crippen LogP contribution in [0.5, 0.6) is 5.75 Å². The average Bonchev–Trinajstić information content (AvgIpc) is 2.82. The predicted octanol–water partition coefficient (Wildman–Crippen LogP) is 3.41. The third-order valence-corrected chi connectivity index (χ3v) is 8.24. The first-order chi connectivity index (χ1) is 12.9. The number of hydrogen-bond acceptors (Lipinski definition) is 4. The van der Waals surface area contributed by atoms with Crippen LogP contribution in [-0.2, 0) is 14.8 Å². The van der Waals surface area contributed by atoms with E-state index in [-0.39, 0.29) is 33.8 Å². The van der Waals surface area contributed by atoms with Gasteiger partial charge in [-0.2, -0.15) is 4.31 Å². The van der Waals surface area contributed by atoms with Gasteiger partial charge in [0.05, 0.1) is 17.1 Å². The largest absolute Gasteiger partial charge is 0.487 e. The zero-order valence-electron chi connectivity index (χ0n) is 17.4. The van der Waals surface area contributed by atoms with Gasteiger partial charge in [-0.15, -0.1) is 0 Å². The lowest BCUT2D eigenvalue weighted by molar-refractivity contribution is -0.117. The topological polar surface area (TPSA) is 66.9 Å². The summed E-state index contributed by atoms with van der Waals surface area (Å²) in [7, 11) is -3.64. The minimum Gasteiger partial charge on any atom is -0.487 e. The van der Waals surface area contributed by atoms with E-state index in [9.17, 15) is 13.2 Å². The number of benzene rings is 1. The fourth-order valence-electron chi connectivity index (χ4n) is 5.70. The number of hydrogen-bond donors (Lipinski definition) is 0. The molecule has 7 heteroatoms. The van der Waals surface area contributed by atoms with Gasteiger partial charge in [-0.25, -0.2) is 8.42 Å². The third kappa shape index (κ3) is 3.22. The molecule has 1 aromatic carbocycles. The molecule has 0 radical (unpaired) electrons. The third-order valence-electron chi connectivity index (χ3n) is 6.34. The van der Waals surface area contributed by atoms with Crippen molar-refractivity contribution in [2.75, 3.05) is 18.0 Å². The summed E-state index contributed by atoms with van der Waals surface area (Å²) in [6.07, 6.45) is 2.71. The van der Waals surface area contributed by atoms with Crippen LogP contribution in [0.4, 0.5) is 5.69 Å². The van der Waals surface area contributed by atoms with E-state index in [0.717, 1.165) is 19.3 Å². The number of ether oxygens (including phenoxy) is 1. The predicted molar refractivity (Wildman–Crippen MR) is 108 cm³/mol. The lowest BCUT2D eigenvalue weighted by Gasteiger charge is -2.39. The van der Waals surface area contributed by atoms with Gasteiger partial charge in [-0.3, -0.25) is 4.79 Å². The van der Waals surface area contributed by atoms with Crippen LogP contribution in [0.15, 0.2) is 23.1 Å². The zero-order valence-corrected chi connectivity index (χ0v) is 18.2. The van der Waals surface area contributed by atoms with Crippen LogP contribution < -0.4 is 9.64 Å². The first-order valence-corrected chi connectivity index (χ1v) is 11.4. The Morgan fingerprint density at radius 3 is 2.61 bits per heavy atom. The maximum atomic E-state index is 13.5. The smallest absolute Gasteiger partial charge is 0.243 e. The molecule has 0 spiro atoms. The molecule has 2 fully saturated rings. The van der Waals surface area contributed by atoms with Crippen molar-refractivity contribution >= 4 is 21.6 Å². The Bertz CT molecular complexity index is 926. The fourth-order valence-corrected chi connectivity index (χ4v) is 7.50. The van der Waals surface area contributed by atoms with Crippen molar-refractivity contribution < 1.29 is 17.9 Å². The Kier molecular flexibility index (Phi) is 4.36. The number of amides is 1. The number of nitrogens with zero attached hydrogens (tertiary/aromatic N) is 2. The van der Waals surface area contributed by atoms with Crippen molar-refractivity contribution in [1.29, 1.82) is 0 Å². The van der Waals surface area contributed by atoms with E-state index >= 15 is 0 Å². The summed E-state index contributed by atoms with van der Waals surface area (Å²) in [5, 5.41) is 0. The number of carbonyl (C=O) groups is 1. The zero-order chi connectivity index (χ0) is 20.5. The van der Waals surface area contributed by atoms with Crippen molar-refractivity contribution in [3.05, 3.63) is 18.2 Å². The molecule has 1 aromatic rings. The second-order valence-corrected chi connectivity index (χ2v) is 11.8. The van der Waals surface area contributed by atoms with E-state index in [2.05, 4.69) is 20.8 Å². The lowest BCUT2D eigenvalue weighted by atomic mass is 9.65. The van der Waals surface area contributed by atoms with Gasteiger partial charge in [0.25, 0.3) is 0 Å². The second kappa shape index (κ2) is 6.20. The molecule has 3 aliphatic rings. The van der Waals surface area contributed by atoms with Crippen molar-refractivity contribution in [3.8, 4) is 5.75 Å². The van der Waals surface area contributed by atoms with Gasteiger partial charge in [0, 0.05) is 19.5 Å². The average molecular weight is 407 g/mol. The van der Waals surface area contributed by atoms with E-state index in [1.165, 1.54) is 6.92 Å². The van der Waals surface area contributed by atoms with Gasteiger partial charge < -0.3 is 9.64 Å². The van der Waals surface area contributed by atoms with Crippen molar-refractivity contribution in [2.24, 2.45) is 10.8 Å². The Morgan fingerprint density at radius 1 is 1.21 bits per heavy atom. The van der Waals surface area contributed by atoms with Crippen LogP contribution in [0, 0.1) is 10.8 Å². The number of anilines is 1. The van der Waals surface area contributed by atoms with Crippen LogP contribution >= 0.6 is 0 Å². The molecule has 1 saturated heterocycles. The molecule has 2 aliphatic heterocycles. The van der Waals surface area contributed by atoms with Gasteiger partial charge >= 0.3 is 0 Å². The first kappa shape index (κ1) is 19.7. The van der Waals surface area contributed by atoms with Crippen molar-refractivity contribution in [2.45, 2.75) is 70.9 Å². The minimum atomic E-state index is -3.64. The van der Waals surface area contributed by atoms with Crippen molar-refractivity contribution in [3.63, 3.8) is 0 Å². The van der Waals surface area contributed by atoms with Crippen LogP contribution in [0.1, 0.15) is 53.9 Å². The quantitative estimate of drug-likeness (QED) is 0.755. The number of fused-ring (bicyclic) bond motifs is 3. The highest BCUT2D eigenvalue weighted by Gasteiger charge is 2.53. The monoisotopic (exact) mass is 406 g/mol. The van der Waals surface area contributed by atoms with E-state index < -0.39 is 10.0 Å². The molecule has 1 amide bonds. The normalized spacial score (nSPS) is 32.0. The van der Waals surface area contributed by atoms with E-state index in [1.807, 2.05) is 6.92 Å². The standard InChI is InChI=1S/C21H30N2O4S/c1-14-11-22(15(2)24)18-8-17(6-7-19(18)27-14)28(25,26)23-13-21(5)10-16(23)9-20(3,4)12-21/h6-8,14,16H,9-13H2,1-5H3. The summed E-state index contributed by atoms with van der Waals surface area (Å²) in [6.45, 7) is 11.0. The Morgan fingerprint density at radius 2 is 1.93 bits per heavy atom. The summed E-state index contributed by atoms with van der Waals surface area (Å²) in [5.41, 5.74) is 0.714. The lowest BCUT2D eigenvalue weighted by Crippen LogP contribution is -2.41. The summed E-state index contributed by atoms with van der Waals surface area (Å²) < 4.78 is 34.6. The SMILES string of the molecule is CC(=O)N1CC(C)Oc2ccc(S(=O)(=O)N3CC4(C)CC3CC(C)(C)C4)cc21. The maximum absolute atomic E-state index is 13.5. The molecule has 154 valence electrons. The summed E-state index contributed by atoms with van der Waals surface area (Å²) in [6, 6.07) is 4.94. The summed E-state index contributed by atoms with van der Waals surface area (Å²) in [5.74, 6) is 0.443. The molecule has 1 aliphatic carbocycles. The molecule has 2 bridgehead atoms. The number of rotatable bonds is 2. The molecule has 0 aromatic heterocycles. The van der Waals surface area contributed by atoms with Crippen LogP contribution in [0.2, 0.25) is 0 Å². The highest BCUT2D eigenvalue weighted by Crippen LogP contribution is 2.54. The van der Waals surface area contributed by atoms with Gasteiger partial charge in [0.1, 0.15) is 11.9 Å². The van der Waals surface area contributed by atoms with E-state index in [0.29, 0.717) is 24.5 Å². The minimum absolute atomic E-state index is 0.0255. The molecule has 6 nitrogen and oxygen atoms in total. The molecule has 28 heavy (non-hydrogen) atoms. The molecular weight excluding hydrogens is 376 g/mol. The van der Waals surface area contributed by atoms with Gasteiger partial charge in [-0.05, 0) is 55.2 Å². The van der Waals surface area contributed by atoms with E-state index in [4.69, 9.17) is 4.74 Å². The molecular formula is C21H30N2O4S. The van der Waals surface area contributed by atoms with Crippen LogP contribution in [0.3, 0.4) is 0 Å². The molecule has 2 heterocycles. The molecule has 1 saturated carbocycles. The van der Waals surface area contributed by atoms with Crippen LogP contribution in [-0.4, -0.2) is 43.9 Å².